The summed E-state index contributed by atoms with van der Waals surface area (Å²) >= 11 is 0. The van der Waals surface area contributed by atoms with E-state index in [0.717, 1.165) is 49.7 Å². The van der Waals surface area contributed by atoms with Gasteiger partial charge in [0.2, 0.25) is 5.91 Å². The van der Waals surface area contributed by atoms with Gasteiger partial charge in [-0.15, -0.1) is 0 Å². The fraction of sp³-hybridized carbons (Fsp3) is 0.500. The van der Waals surface area contributed by atoms with Gasteiger partial charge in [-0.3, -0.25) is 14.6 Å². The Morgan fingerprint density at radius 2 is 1.92 bits per heavy atom. The second-order valence-corrected chi connectivity index (χ2v) is 7.10. The first-order valence-corrected chi connectivity index (χ1v) is 9.20. The summed E-state index contributed by atoms with van der Waals surface area (Å²) in [5.41, 5.74) is 2.13. The van der Waals surface area contributed by atoms with Gasteiger partial charge in [-0.25, -0.2) is 0 Å². The summed E-state index contributed by atoms with van der Waals surface area (Å²) in [6, 6.07) is 12.0. The zero-order chi connectivity index (χ0) is 18.5. The Balaban J connectivity index is 1.47. The molecule has 1 unspecified atom stereocenters. The molecule has 3 rings (SSSR count). The van der Waals surface area contributed by atoms with Crippen LogP contribution in [-0.4, -0.2) is 65.0 Å². The van der Waals surface area contributed by atoms with Crippen LogP contribution in [0.4, 0.5) is 0 Å². The highest BCUT2D eigenvalue weighted by molar-refractivity contribution is 5.81. The molecule has 1 saturated heterocycles. The zero-order valence-electron chi connectivity index (χ0n) is 15.9. The smallest absolute Gasteiger partial charge is 0.239 e. The van der Waals surface area contributed by atoms with E-state index in [1.807, 2.05) is 50.1 Å². The quantitative estimate of drug-likeness (QED) is 0.794. The molecule has 0 radical (unpaired) electrons. The minimum absolute atomic E-state index is 0.0971. The van der Waals surface area contributed by atoms with Crippen LogP contribution in [0.15, 0.2) is 40.9 Å². The van der Waals surface area contributed by atoms with Crippen molar-refractivity contribution in [1.82, 2.24) is 19.9 Å². The van der Waals surface area contributed by atoms with E-state index in [1.54, 1.807) is 0 Å². The van der Waals surface area contributed by atoms with Gasteiger partial charge in [-0.1, -0.05) is 35.5 Å². The highest BCUT2D eigenvalue weighted by Gasteiger charge is 2.27. The SMILES string of the molecule is Cc1cc(CN2CCN(C(C)C(=O)N(C)Cc3ccccc3)CC2)no1. The van der Waals surface area contributed by atoms with Gasteiger partial charge in [0.15, 0.2) is 0 Å². The first kappa shape index (κ1) is 18.6. The van der Waals surface area contributed by atoms with Gasteiger partial charge in [-0.2, -0.15) is 0 Å². The van der Waals surface area contributed by atoms with Crippen LogP contribution in [-0.2, 0) is 17.9 Å². The van der Waals surface area contributed by atoms with E-state index in [0.29, 0.717) is 6.54 Å². The number of hydrogen-bond donors (Lipinski definition) is 0. The highest BCUT2D eigenvalue weighted by atomic mass is 16.5. The van der Waals surface area contributed by atoms with Crippen molar-refractivity contribution in [3.8, 4) is 0 Å². The van der Waals surface area contributed by atoms with Gasteiger partial charge in [0.25, 0.3) is 0 Å². The van der Waals surface area contributed by atoms with E-state index in [2.05, 4.69) is 27.1 Å². The lowest BCUT2D eigenvalue weighted by molar-refractivity contribution is -0.136. The maximum absolute atomic E-state index is 12.8. The van der Waals surface area contributed by atoms with E-state index < -0.39 is 0 Å². The van der Waals surface area contributed by atoms with Crippen LogP contribution in [0.3, 0.4) is 0 Å². The number of carbonyl (C=O) groups excluding carboxylic acids is 1. The Labute approximate surface area is 155 Å². The third-order valence-corrected chi connectivity index (χ3v) is 5.01. The molecule has 0 N–H and O–H groups in total. The van der Waals surface area contributed by atoms with E-state index in [1.165, 1.54) is 0 Å². The van der Waals surface area contributed by atoms with Crippen molar-refractivity contribution in [2.24, 2.45) is 0 Å². The summed E-state index contributed by atoms with van der Waals surface area (Å²) in [7, 11) is 1.88. The second kappa shape index (κ2) is 8.47. The predicted molar refractivity (Wildman–Crippen MR) is 100 cm³/mol. The summed E-state index contributed by atoms with van der Waals surface area (Å²) in [5.74, 6) is 1.02. The van der Waals surface area contributed by atoms with Crippen LogP contribution in [0, 0.1) is 6.92 Å². The Morgan fingerprint density at radius 3 is 2.54 bits per heavy atom. The molecule has 1 aliphatic rings. The molecular formula is C20H28N4O2. The van der Waals surface area contributed by atoms with Crippen LogP contribution in [0.2, 0.25) is 0 Å². The van der Waals surface area contributed by atoms with Crippen molar-refractivity contribution in [3.63, 3.8) is 0 Å². The molecule has 1 aromatic carbocycles. The van der Waals surface area contributed by atoms with Gasteiger partial charge < -0.3 is 9.42 Å². The van der Waals surface area contributed by atoms with Gasteiger partial charge >= 0.3 is 0 Å². The van der Waals surface area contributed by atoms with Gasteiger partial charge in [0.1, 0.15) is 5.76 Å². The van der Waals surface area contributed by atoms with Crippen molar-refractivity contribution in [1.29, 1.82) is 0 Å². The molecule has 6 nitrogen and oxygen atoms in total. The van der Waals surface area contributed by atoms with Gasteiger partial charge in [0, 0.05) is 52.4 Å². The minimum atomic E-state index is -0.0971. The van der Waals surface area contributed by atoms with Crippen molar-refractivity contribution < 1.29 is 9.32 Å². The van der Waals surface area contributed by atoms with E-state index in [9.17, 15) is 4.79 Å². The number of nitrogens with zero attached hydrogens (tertiary/aromatic N) is 4. The molecule has 1 fully saturated rings. The lowest BCUT2D eigenvalue weighted by Gasteiger charge is -2.38. The first-order valence-electron chi connectivity index (χ1n) is 9.20. The number of rotatable bonds is 6. The van der Waals surface area contributed by atoms with Crippen LogP contribution < -0.4 is 0 Å². The molecule has 1 atom stereocenters. The Hall–Kier alpha value is -2.18. The Morgan fingerprint density at radius 1 is 1.23 bits per heavy atom. The van der Waals surface area contributed by atoms with Crippen LogP contribution in [0.5, 0.6) is 0 Å². The van der Waals surface area contributed by atoms with E-state index in [-0.39, 0.29) is 11.9 Å². The maximum atomic E-state index is 12.8. The van der Waals surface area contributed by atoms with Crippen molar-refractivity contribution >= 4 is 5.91 Å². The highest BCUT2D eigenvalue weighted by Crippen LogP contribution is 2.13. The van der Waals surface area contributed by atoms with Crippen molar-refractivity contribution in [2.75, 3.05) is 33.2 Å². The Bertz CT molecular complexity index is 708. The third kappa shape index (κ3) is 4.71. The largest absolute Gasteiger partial charge is 0.361 e. The number of aryl methyl sites for hydroxylation is 1. The summed E-state index contributed by atoms with van der Waals surface area (Å²) in [5, 5.41) is 4.06. The van der Waals surface area contributed by atoms with E-state index >= 15 is 0 Å². The summed E-state index contributed by atoms with van der Waals surface area (Å²) in [6.45, 7) is 9.04. The van der Waals surface area contributed by atoms with Crippen LogP contribution in [0.25, 0.3) is 0 Å². The van der Waals surface area contributed by atoms with Crippen LogP contribution in [0.1, 0.15) is 23.9 Å². The van der Waals surface area contributed by atoms with Gasteiger partial charge in [0.05, 0.1) is 11.7 Å². The lowest BCUT2D eigenvalue weighted by atomic mass is 10.1. The number of amides is 1. The molecule has 140 valence electrons. The molecule has 2 aromatic rings. The molecular weight excluding hydrogens is 328 g/mol. The van der Waals surface area contributed by atoms with Crippen molar-refractivity contribution in [2.45, 2.75) is 33.0 Å². The number of hydrogen-bond acceptors (Lipinski definition) is 5. The molecule has 6 heteroatoms. The second-order valence-electron chi connectivity index (χ2n) is 7.10. The molecule has 1 aromatic heterocycles. The average molecular weight is 356 g/mol. The third-order valence-electron chi connectivity index (χ3n) is 5.01. The molecule has 26 heavy (non-hydrogen) atoms. The molecule has 2 heterocycles. The first-order chi connectivity index (χ1) is 12.5. The zero-order valence-corrected chi connectivity index (χ0v) is 15.9. The fourth-order valence-electron chi connectivity index (χ4n) is 3.44. The summed E-state index contributed by atoms with van der Waals surface area (Å²) < 4.78 is 5.13. The average Bonchev–Trinajstić information content (AvgIpc) is 3.06. The lowest BCUT2D eigenvalue weighted by Crippen LogP contribution is -2.53. The summed E-state index contributed by atoms with van der Waals surface area (Å²) in [6.07, 6.45) is 0. The normalized spacial score (nSPS) is 17.2. The van der Waals surface area contributed by atoms with Gasteiger partial charge in [-0.05, 0) is 19.4 Å². The predicted octanol–water partition coefficient (Wildman–Crippen LogP) is 2.15. The maximum Gasteiger partial charge on any atom is 0.239 e. The topological polar surface area (TPSA) is 52.8 Å². The fourth-order valence-corrected chi connectivity index (χ4v) is 3.44. The number of carbonyl (C=O) groups is 1. The van der Waals surface area contributed by atoms with Crippen LogP contribution >= 0.6 is 0 Å². The molecule has 0 bridgehead atoms. The standard InChI is InChI=1S/C20H28N4O2/c1-16-13-19(21-26-16)15-23-9-11-24(12-10-23)17(2)20(25)22(3)14-18-7-5-4-6-8-18/h4-8,13,17H,9-12,14-15H2,1-3H3. The number of aromatic nitrogens is 1. The number of likely N-dealkylation sites (N-methyl/N-ethyl adjacent to an activating group) is 1. The molecule has 0 aliphatic carbocycles. The molecule has 0 saturated carbocycles. The molecule has 1 aliphatic heterocycles. The van der Waals surface area contributed by atoms with Crippen molar-refractivity contribution in [3.05, 3.63) is 53.4 Å². The number of benzene rings is 1. The summed E-state index contributed by atoms with van der Waals surface area (Å²) in [4.78, 5) is 19.2. The minimum Gasteiger partial charge on any atom is -0.361 e. The molecule has 1 amide bonds. The number of piperazine rings is 1. The Kier molecular flexibility index (Phi) is 6.06. The van der Waals surface area contributed by atoms with E-state index in [4.69, 9.17) is 4.52 Å². The monoisotopic (exact) mass is 356 g/mol. The molecule has 0 spiro atoms.